The molecule has 0 unspecified atom stereocenters. The molecule has 2 N–H and O–H groups in total. The SMILES string of the molecule is NCc1cn(Cc2cc(=O)n3cc(Cl)ccc3n2)nn1. The lowest BCUT2D eigenvalue weighted by molar-refractivity contribution is 0.637. The van der Waals surface area contributed by atoms with Gasteiger partial charge in [0, 0.05) is 18.8 Å². The van der Waals surface area contributed by atoms with Crippen LogP contribution in [0.2, 0.25) is 5.02 Å². The van der Waals surface area contributed by atoms with Crippen molar-refractivity contribution in [3.8, 4) is 0 Å². The summed E-state index contributed by atoms with van der Waals surface area (Å²) in [7, 11) is 0. The van der Waals surface area contributed by atoms with E-state index in [-0.39, 0.29) is 5.56 Å². The molecule has 0 saturated heterocycles. The van der Waals surface area contributed by atoms with Crippen LogP contribution in [-0.2, 0) is 13.1 Å². The average Bonchev–Trinajstić information content (AvgIpc) is 2.87. The molecule has 102 valence electrons. The number of rotatable bonds is 3. The van der Waals surface area contributed by atoms with Crippen LogP contribution >= 0.6 is 11.6 Å². The molecule has 0 aliphatic heterocycles. The molecule has 0 radical (unpaired) electrons. The molecule has 7 nitrogen and oxygen atoms in total. The van der Waals surface area contributed by atoms with E-state index in [0.29, 0.717) is 35.1 Å². The van der Waals surface area contributed by atoms with E-state index < -0.39 is 0 Å². The van der Waals surface area contributed by atoms with Gasteiger partial charge in [-0.25, -0.2) is 9.67 Å². The van der Waals surface area contributed by atoms with E-state index in [4.69, 9.17) is 17.3 Å². The fourth-order valence-electron chi connectivity index (χ4n) is 1.88. The zero-order chi connectivity index (χ0) is 14.1. The molecule has 0 atom stereocenters. The first kappa shape index (κ1) is 12.8. The molecule has 3 aromatic rings. The average molecular weight is 291 g/mol. The number of nitrogens with zero attached hydrogens (tertiary/aromatic N) is 5. The Morgan fingerprint density at radius 3 is 2.85 bits per heavy atom. The topological polar surface area (TPSA) is 91.1 Å². The highest BCUT2D eigenvalue weighted by Crippen LogP contribution is 2.08. The predicted octanol–water partition coefficient (Wildman–Crippen LogP) is 0.446. The second-order valence-corrected chi connectivity index (χ2v) is 4.71. The summed E-state index contributed by atoms with van der Waals surface area (Å²) in [6.07, 6.45) is 3.27. The monoisotopic (exact) mass is 290 g/mol. The van der Waals surface area contributed by atoms with Crippen LogP contribution in [0.15, 0.2) is 35.4 Å². The maximum Gasteiger partial charge on any atom is 0.258 e. The molecule has 0 aliphatic carbocycles. The minimum absolute atomic E-state index is 0.188. The summed E-state index contributed by atoms with van der Waals surface area (Å²) < 4.78 is 2.99. The van der Waals surface area contributed by atoms with Crippen LogP contribution in [0.25, 0.3) is 5.65 Å². The lowest BCUT2D eigenvalue weighted by Crippen LogP contribution is -2.16. The van der Waals surface area contributed by atoms with Crippen molar-refractivity contribution in [3.63, 3.8) is 0 Å². The highest BCUT2D eigenvalue weighted by Gasteiger charge is 2.05. The molecular weight excluding hydrogens is 280 g/mol. The zero-order valence-electron chi connectivity index (χ0n) is 10.4. The Morgan fingerprint density at radius 1 is 1.25 bits per heavy atom. The number of hydrogen-bond donors (Lipinski definition) is 1. The Bertz CT molecular complexity index is 824. The summed E-state index contributed by atoms with van der Waals surface area (Å²) in [5.41, 5.74) is 7.11. The number of aromatic nitrogens is 5. The molecule has 0 amide bonds. The molecule has 3 rings (SSSR count). The summed E-state index contributed by atoms with van der Waals surface area (Å²) in [4.78, 5) is 16.4. The highest BCUT2D eigenvalue weighted by molar-refractivity contribution is 6.30. The second kappa shape index (κ2) is 5.03. The molecule has 0 aliphatic rings. The van der Waals surface area contributed by atoms with E-state index in [2.05, 4.69) is 15.3 Å². The molecule has 0 aromatic carbocycles. The Hall–Kier alpha value is -2.25. The molecular formula is C12H11ClN6O. The van der Waals surface area contributed by atoms with Crippen LogP contribution in [0.3, 0.4) is 0 Å². The fourth-order valence-corrected chi connectivity index (χ4v) is 2.04. The summed E-state index contributed by atoms with van der Waals surface area (Å²) in [6.45, 7) is 0.688. The predicted molar refractivity (Wildman–Crippen MR) is 73.5 cm³/mol. The van der Waals surface area contributed by atoms with Crippen LogP contribution in [-0.4, -0.2) is 24.4 Å². The van der Waals surface area contributed by atoms with Crippen LogP contribution in [0.4, 0.5) is 0 Å². The van der Waals surface area contributed by atoms with Gasteiger partial charge in [-0.3, -0.25) is 9.20 Å². The van der Waals surface area contributed by atoms with Gasteiger partial charge in [0.15, 0.2) is 0 Å². The molecule has 0 spiro atoms. The third-order valence-corrected chi connectivity index (χ3v) is 3.02. The van der Waals surface area contributed by atoms with Crippen molar-refractivity contribution in [3.05, 3.63) is 57.4 Å². The van der Waals surface area contributed by atoms with Gasteiger partial charge in [-0.15, -0.1) is 5.10 Å². The van der Waals surface area contributed by atoms with Gasteiger partial charge in [-0.1, -0.05) is 16.8 Å². The molecule has 20 heavy (non-hydrogen) atoms. The number of halogens is 1. The molecule has 3 aromatic heterocycles. The van der Waals surface area contributed by atoms with E-state index >= 15 is 0 Å². The molecule has 0 bridgehead atoms. The van der Waals surface area contributed by atoms with Crippen molar-refractivity contribution in [2.75, 3.05) is 0 Å². The van der Waals surface area contributed by atoms with Crippen molar-refractivity contribution in [1.82, 2.24) is 24.4 Å². The van der Waals surface area contributed by atoms with Gasteiger partial charge in [0.1, 0.15) is 5.65 Å². The quantitative estimate of drug-likeness (QED) is 0.756. The van der Waals surface area contributed by atoms with Gasteiger partial charge >= 0.3 is 0 Å². The number of fused-ring (bicyclic) bond motifs is 1. The van der Waals surface area contributed by atoms with E-state index in [1.165, 1.54) is 16.7 Å². The Morgan fingerprint density at radius 2 is 2.10 bits per heavy atom. The van der Waals surface area contributed by atoms with Crippen LogP contribution in [0.5, 0.6) is 0 Å². The van der Waals surface area contributed by atoms with Crippen LogP contribution in [0.1, 0.15) is 11.4 Å². The Kier molecular flexibility index (Phi) is 3.21. The lowest BCUT2D eigenvalue weighted by Gasteiger charge is -2.04. The second-order valence-electron chi connectivity index (χ2n) is 4.27. The third-order valence-electron chi connectivity index (χ3n) is 2.80. The minimum Gasteiger partial charge on any atom is -0.325 e. The standard InChI is InChI=1S/C12H11ClN6O/c13-8-1-2-11-15-9(3-12(20)19(11)5-8)6-18-7-10(4-14)16-17-18/h1-3,5,7H,4,6,14H2. The minimum atomic E-state index is -0.188. The summed E-state index contributed by atoms with van der Waals surface area (Å²) in [5, 5.41) is 8.29. The van der Waals surface area contributed by atoms with Gasteiger partial charge < -0.3 is 5.73 Å². The van der Waals surface area contributed by atoms with Crippen molar-refractivity contribution in [2.24, 2.45) is 5.73 Å². The highest BCUT2D eigenvalue weighted by atomic mass is 35.5. The molecule has 8 heteroatoms. The lowest BCUT2D eigenvalue weighted by atomic mass is 10.3. The van der Waals surface area contributed by atoms with E-state index in [9.17, 15) is 4.79 Å². The summed E-state index contributed by atoms with van der Waals surface area (Å²) in [6, 6.07) is 4.84. The van der Waals surface area contributed by atoms with Gasteiger partial charge in [0.05, 0.1) is 29.2 Å². The normalized spacial score (nSPS) is 11.1. The van der Waals surface area contributed by atoms with Gasteiger partial charge in [-0.05, 0) is 12.1 Å². The number of pyridine rings is 1. The van der Waals surface area contributed by atoms with Crippen LogP contribution < -0.4 is 11.3 Å². The number of hydrogen-bond acceptors (Lipinski definition) is 5. The first-order chi connectivity index (χ1) is 9.65. The molecule has 3 heterocycles. The van der Waals surface area contributed by atoms with Gasteiger partial charge in [0.25, 0.3) is 5.56 Å². The fraction of sp³-hybridized carbons (Fsp3) is 0.167. The molecule has 0 fully saturated rings. The van der Waals surface area contributed by atoms with E-state index in [1.807, 2.05) is 0 Å². The third kappa shape index (κ3) is 2.40. The Labute approximate surface area is 118 Å². The van der Waals surface area contributed by atoms with Crippen molar-refractivity contribution in [2.45, 2.75) is 13.1 Å². The first-order valence-corrected chi connectivity index (χ1v) is 6.30. The van der Waals surface area contributed by atoms with Gasteiger partial charge in [0.2, 0.25) is 0 Å². The summed E-state index contributed by atoms with van der Waals surface area (Å²) in [5.74, 6) is 0. The van der Waals surface area contributed by atoms with Crippen LogP contribution in [0, 0.1) is 0 Å². The smallest absolute Gasteiger partial charge is 0.258 e. The zero-order valence-corrected chi connectivity index (χ0v) is 11.2. The van der Waals surface area contributed by atoms with Gasteiger partial charge in [-0.2, -0.15) is 0 Å². The maximum atomic E-state index is 12.0. The van der Waals surface area contributed by atoms with Crippen molar-refractivity contribution < 1.29 is 0 Å². The maximum absolute atomic E-state index is 12.0. The molecule has 0 saturated carbocycles. The largest absolute Gasteiger partial charge is 0.325 e. The summed E-state index contributed by atoms with van der Waals surface area (Å²) >= 11 is 5.86. The number of nitrogens with two attached hydrogens (primary N) is 1. The van der Waals surface area contributed by atoms with E-state index in [0.717, 1.165) is 0 Å². The van der Waals surface area contributed by atoms with Crippen molar-refractivity contribution >= 4 is 17.2 Å². The Balaban J connectivity index is 2.00. The van der Waals surface area contributed by atoms with E-state index in [1.54, 1.807) is 23.0 Å². The van der Waals surface area contributed by atoms with Crippen molar-refractivity contribution in [1.29, 1.82) is 0 Å². The first-order valence-electron chi connectivity index (χ1n) is 5.92.